The van der Waals surface area contributed by atoms with Crippen molar-refractivity contribution in [3.05, 3.63) is 11.9 Å². The highest BCUT2D eigenvalue weighted by Crippen LogP contribution is 2.50. The molecule has 2 unspecified atom stereocenters. The number of hydrogen-bond acceptors (Lipinski definition) is 6. The molecule has 0 aromatic rings. The van der Waals surface area contributed by atoms with Gasteiger partial charge in [-0.3, -0.25) is 0 Å². The lowest BCUT2D eigenvalue weighted by atomic mass is 9.80. The molecule has 5 atom stereocenters. The summed E-state index contributed by atoms with van der Waals surface area (Å²) in [6.45, 7) is 16.5. The average molecular weight is 447 g/mol. The second kappa shape index (κ2) is 11.8. The largest absolute Gasteiger partial charge is 0.389 e. The molecular formula is C20H40BNO5P2. The Bertz CT molecular complexity index is 563. The Morgan fingerprint density at radius 2 is 1.90 bits per heavy atom. The monoisotopic (exact) mass is 447 g/mol. The quantitative estimate of drug-likeness (QED) is 0.366. The lowest BCUT2D eigenvalue weighted by molar-refractivity contribution is -0.165. The van der Waals surface area contributed by atoms with Gasteiger partial charge >= 0.3 is 0 Å². The average Bonchev–Trinajstić information content (AvgIpc) is 2.60. The van der Waals surface area contributed by atoms with Crippen LogP contribution in [0.3, 0.4) is 0 Å². The molecule has 1 saturated heterocycles. The minimum Gasteiger partial charge on any atom is -0.389 e. The fourth-order valence-corrected chi connectivity index (χ4v) is 5.80. The summed E-state index contributed by atoms with van der Waals surface area (Å²) in [7, 11) is 2.40. The van der Waals surface area contributed by atoms with E-state index in [4.69, 9.17) is 21.6 Å². The Kier molecular flexibility index (Phi) is 11.1. The number of aliphatic hydroxyl groups excluding tert-OH is 1. The first-order valence-electron chi connectivity index (χ1n) is 10.6. The molecule has 1 N–H and O–H groups in total. The molecule has 1 fully saturated rings. The second-order valence-electron chi connectivity index (χ2n) is 8.73. The van der Waals surface area contributed by atoms with Gasteiger partial charge in [0.15, 0.2) is 0 Å². The van der Waals surface area contributed by atoms with E-state index in [1.807, 2.05) is 13.0 Å². The van der Waals surface area contributed by atoms with Crippen LogP contribution < -0.4 is 0 Å². The van der Waals surface area contributed by atoms with E-state index in [0.29, 0.717) is 19.4 Å². The molecule has 2 radical (unpaired) electrons. The van der Waals surface area contributed by atoms with Crippen molar-refractivity contribution in [2.45, 2.75) is 96.7 Å². The topological polar surface area (TPSA) is 68.2 Å². The Hall–Kier alpha value is 0.265. The van der Waals surface area contributed by atoms with Gasteiger partial charge in [0.05, 0.1) is 24.4 Å². The van der Waals surface area contributed by atoms with Crippen molar-refractivity contribution in [2.75, 3.05) is 19.9 Å². The summed E-state index contributed by atoms with van der Waals surface area (Å²) < 4.78 is 32.9. The van der Waals surface area contributed by atoms with E-state index in [2.05, 4.69) is 39.3 Å². The lowest BCUT2D eigenvalue weighted by Crippen LogP contribution is -2.54. The fourth-order valence-electron chi connectivity index (χ4n) is 3.34. The van der Waals surface area contributed by atoms with Crippen molar-refractivity contribution in [3.8, 4) is 0 Å². The number of aliphatic hydroxyl groups is 1. The van der Waals surface area contributed by atoms with Crippen molar-refractivity contribution < 1.29 is 23.5 Å². The zero-order chi connectivity index (χ0) is 22.4. The molecule has 0 saturated carbocycles. The van der Waals surface area contributed by atoms with Gasteiger partial charge in [0.1, 0.15) is 15.0 Å². The van der Waals surface area contributed by atoms with Gasteiger partial charge in [0.25, 0.3) is 8.53 Å². The van der Waals surface area contributed by atoms with E-state index >= 15 is 0 Å². The summed E-state index contributed by atoms with van der Waals surface area (Å²) in [5.74, 6) is 1.71. The second-order valence-corrected chi connectivity index (χ2v) is 13.3. The van der Waals surface area contributed by atoms with Gasteiger partial charge in [-0.05, 0) is 65.8 Å². The van der Waals surface area contributed by atoms with E-state index in [1.54, 1.807) is 19.1 Å². The maximum atomic E-state index is 12.2. The molecule has 9 heteroatoms. The first kappa shape index (κ1) is 27.3. The maximum Gasteiger partial charge on any atom is 0.259 e. The van der Waals surface area contributed by atoms with Crippen molar-refractivity contribution in [2.24, 2.45) is 0 Å². The molecule has 6 nitrogen and oxygen atoms in total. The molecule has 0 spiro atoms. The normalized spacial score (nSPS) is 30.0. The van der Waals surface area contributed by atoms with Crippen LogP contribution in [0.5, 0.6) is 0 Å². The van der Waals surface area contributed by atoms with Gasteiger partial charge in [-0.25, -0.2) is 4.67 Å². The summed E-state index contributed by atoms with van der Waals surface area (Å²) in [4.78, 5) is 0. The van der Waals surface area contributed by atoms with Crippen molar-refractivity contribution in [1.29, 1.82) is 0 Å². The van der Waals surface area contributed by atoms with Crippen LogP contribution in [0.2, 0.25) is 0 Å². The zero-order valence-electron chi connectivity index (χ0n) is 19.4. The summed E-state index contributed by atoms with van der Waals surface area (Å²) in [6.07, 6.45) is 2.27. The van der Waals surface area contributed by atoms with E-state index in [0.717, 1.165) is 6.42 Å². The Morgan fingerprint density at radius 1 is 1.31 bits per heavy atom. The van der Waals surface area contributed by atoms with Crippen molar-refractivity contribution >= 4 is 23.5 Å². The number of ether oxygens (including phenoxy) is 1. The van der Waals surface area contributed by atoms with Crippen LogP contribution >= 0.6 is 15.7 Å². The molecule has 0 amide bonds. The Balaban J connectivity index is 3.15. The van der Waals surface area contributed by atoms with Gasteiger partial charge in [-0.15, -0.1) is 0 Å². The molecule has 1 heterocycles. The summed E-state index contributed by atoms with van der Waals surface area (Å²) in [6, 6.07) is -0.433. The minimum atomic E-state index is -2.36. The van der Waals surface area contributed by atoms with E-state index in [1.165, 1.54) is 0 Å². The minimum absolute atomic E-state index is 0.227. The van der Waals surface area contributed by atoms with E-state index in [-0.39, 0.29) is 12.1 Å². The number of hydrogen-bond donors (Lipinski definition) is 1. The van der Waals surface area contributed by atoms with Gasteiger partial charge < -0.3 is 23.5 Å². The fraction of sp³-hybridized carbons (Fsp3) is 0.900. The van der Waals surface area contributed by atoms with Crippen LogP contribution in [-0.4, -0.2) is 73.5 Å². The van der Waals surface area contributed by atoms with Crippen LogP contribution in [0.1, 0.15) is 60.8 Å². The molecule has 0 aromatic heterocycles. The Morgan fingerprint density at radius 3 is 2.34 bits per heavy atom. The Labute approximate surface area is 180 Å². The summed E-state index contributed by atoms with van der Waals surface area (Å²) in [5, 5.41) is 10.7. The molecule has 29 heavy (non-hydrogen) atoms. The molecule has 1 rings (SSSR count). The number of nitrogens with zero attached hydrogens (tertiary/aromatic N) is 1. The first-order valence-corrected chi connectivity index (χ1v) is 14.4. The highest BCUT2D eigenvalue weighted by Gasteiger charge is 2.45. The van der Waals surface area contributed by atoms with E-state index < -0.39 is 39.5 Å². The van der Waals surface area contributed by atoms with Gasteiger partial charge in [-0.2, -0.15) is 0 Å². The molecule has 168 valence electrons. The van der Waals surface area contributed by atoms with Gasteiger partial charge in [0.2, 0.25) is 0 Å². The highest BCUT2D eigenvalue weighted by atomic mass is 31.2. The predicted octanol–water partition coefficient (Wildman–Crippen LogP) is 4.70. The van der Waals surface area contributed by atoms with Crippen molar-refractivity contribution in [3.63, 3.8) is 0 Å². The zero-order valence-corrected chi connectivity index (χ0v) is 21.2. The van der Waals surface area contributed by atoms with Crippen LogP contribution in [0.15, 0.2) is 11.9 Å². The maximum absolute atomic E-state index is 12.2. The molecule has 1 aliphatic rings. The number of rotatable bonds is 11. The lowest BCUT2D eigenvalue weighted by Gasteiger charge is -2.47. The first-order chi connectivity index (χ1) is 13.4. The predicted molar refractivity (Wildman–Crippen MR) is 123 cm³/mol. The van der Waals surface area contributed by atoms with Crippen LogP contribution in [0.25, 0.3) is 0 Å². The highest BCUT2D eigenvalue weighted by molar-refractivity contribution is 7.65. The van der Waals surface area contributed by atoms with Gasteiger partial charge in [-0.1, -0.05) is 13.8 Å². The molecular weight excluding hydrogens is 407 g/mol. The molecule has 1 aliphatic heterocycles. The van der Waals surface area contributed by atoms with Gasteiger partial charge in [0, 0.05) is 24.5 Å². The third-order valence-electron chi connectivity index (χ3n) is 4.85. The molecule has 0 aromatic carbocycles. The summed E-state index contributed by atoms with van der Waals surface area (Å²) in [5.41, 5.74) is -0.725. The standard InChI is InChI=1S/C20H40BNO5P2/c1-9-12-25-28(22(15(3)4)16(5)6)27-17-14-20(10-2,11-13-29(7,8)24)26-19(21)18(17)23/h11,13,15-19,23H,9-10,12,14H2,1-8H3/b13-11+/t17?,18-,19-,20-,28?/m1/s1. The molecule has 0 aliphatic carbocycles. The van der Waals surface area contributed by atoms with Crippen LogP contribution in [-0.2, 0) is 18.3 Å². The SMILES string of the molecule is [B][C@@H]1O[C@@](/C=C/P(C)(C)=O)(CC)CC(OP(OCCC)N(C(C)C)C(C)C)[C@H]1O. The third kappa shape index (κ3) is 8.37. The van der Waals surface area contributed by atoms with Crippen LogP contribution in [0.4, 0.5) is 0 Å². The van der Waals surface area contributed by atoms with Crippen LogP contribution in [0, 0.1) is 0 Å². The smallest absolute Gasteiger partial charge is 0.259 e. The summed E-state index contributed by atoms with van der Waals surface area (Å²) >= 11 is 0. The van der Waals surface area contributed by atoms with E-state index in [9.17, 15) is 9.67 Å². The third-order valence-corrected chi connectivity index (χ3v) is 7.87. The molecule has 0 bridgehead atoms. The van der Waals surface area contributed by atoms with Crippen molar-refractivity contribution in [1.82, 2.24) is 4.67 Å².